The smallest absolute Gasteiger partial charge is 0.335 e. The van der Waals surface area contributed by atoms with Crippen LogP contribution in [0.5, 0.6) is 0 Å². The summed E-state index contributed by atoms with van der Waals surface area (Å²) in [6, 6.07) is 11.6. The van der Waals surface area contributed by atoms with E-state index in [9.17, 15) is 32.4 Å². The third-order valence-corrected chi connectivity index (χ3v) is 8.97. The molecule has 4 aromatic rings. The fraction of sp³-hybridized carbons (Fsp3) is 0.242. The van der Waals surface area contributed by atoms with Crippen molar-refractivity contribution in [2.75, 3.05) is 17.9 Å². The molecule has 5 rings (SSSR count). The largest absolute Gasteiger partial charge is 0.462 e. The zero-order valence-electron chi connectivity index (χ0n) is 26.4. The molecule has 0 saturated heterocycles. The Morgan fingerprint density at radius 3 is 2.20 bits per heavy atom. The number of esters is 1. The zero-order chi connectivity index (χ0) is 36.2. The van der Waals surface area contributed by atoms with Gasteiger partial charge in [-0.15, -0.1) is 0 Å². The third kappa shape index (κ3) is 8.30. The third-order valence-electron chi connectivity index (χ3n) is 7.57. The molecule has 262 valence electrons. The van der Waals surface area contributed by atoms with Gasteiger partial charge in [-0.3, -0.25) is 19.1 Å². The quantitative estimate of drug-likeness (QED) is 0.148. The van der Waals surface area contributed by atoms with Gasteiger partial charge in [0.05, 0.1) is 22.9 Å². The average molecular weight is 712 g/mol. The van der Waals surface area contributed by atoms with E-state index in [4.69, 9.17) is 9.84 Å². The molecule has 1 aliphatic carbocycles. The summed E-state index contributed by atoms with van der Waals surface area (Å²) in [6.45, 7) is -0.972. The molecule has 50 heavy (non-hydrogen) atoms. The highest BCUT2D eigenvalue weighted by Crippen LogP contribution is 2.24. The lowest BCUT2D eigenvalue weighted by Gasteiger charge is -2.19. The Bertz CT molecular complexity index is 2140. The van der Waals surface area contributed by atoms with Gasteiger partial charge >= 0.3 is 11.7 Å². The molecule has 1 heterocycles. The summed E-state index contributed by atoms with van der Waals surface area (Å²) >= 11 is 0. The van der Waals surface area contributed by atoms with Gasteiger partial charge < -0.3 is 25.0 Å². The normalized spacial score (nSPS) is 13.3. The maximum atomic E-state index is 15.2. The number of benzene rings is 3. The van der Waals surface area contributed by atoms with Crippen molar-refractivity contribution >= 4 is 33.5 Å². The van der Waals surface area contributed by atoms with Crippen molar-refractivity contribution in [2.45, 2.75) is 36.2 Å². The first-order valence-electron chi connectivity index (χ1n) is 15.2. The van der Waals surface area contributed by atoms with Gasteiger partial charge in [0, 0.05) is 37.3 Å². The van der Waals surface area contributed by atoms with Crippen LogP contribution in [-0.4, -0.2) is 65.7 Å². The first kappa shape index (κ1) is 35.6. The van der Waals surface area contributed by atoms with E-state index in [-0.39, 0.29) is 34.5 Å². The summed E-state index contributed by atoms with van der Waals surface area (Å²) in [5.74, 6) is -5.66. The van der Waals surface area contributed by atoms with Crippen molar-refractivity contribution in [3.05, 3.63) is 122 Å². The summed E-state index contributed by atoms with van der Waals surface area (Å²) < 4.78 is 65.3. The monoisotopic (exact) mass is 711 g/mol. The Kier molecular flexibility index (Phi) is 10.6. The van der Waals surface area contributed by atoms with E-state index >= 15 is 8.78 Å². The standard InChI is InChI=1S/C33H31F2N5O9S/c1-39-13-12-28(42)40(33(39)46)23-8-2-19(3-9-23)16-27(32(45)49-15-14-41)37-31(44)29-25(34)17-22(18-26(29)35)38-50(47,48)24-10-4-20(5-11-24)30(43)36-21-6-7-21/h2-5,8-13,17-18,21,27,38,41H,6-7,14-16H2,1H3,(H,36,43)(H,37,44)/t27-/m0/s1. The number of nitrogens with zero attached hydrogens (tertiary/aromatic N) is 2. The number of sulfonamides is 1. The minimum absolute atomic E-state index is 0.0965. The minimum atomic E-state index is -4.37. The lowest BCUT2D eigenvalue weighted by atomic mass is 10.0. The predicted molar refractivity (Wildman–Crippen MR) is 174 cm³/mol. The molecule has 1 aromatic heterocycles. The molecule has 3 aromatic carbocycles. The number of hydrogen-bond acceptors (Lipinski definition) is 9. The highest BCUT2D eigenvalue weighted by molar-refractivity contribution is 7.92. The number of hydrogen-bond donors (Lipinski definition) is 4. The number of amides is 2. The number of aromatic nitrogens is 2. The summed E-state index contributed by atoms with van der Waals surface area (Å²) in [4.78, 5) is 62.5. The Labute approximate surface area is 283 Å². The van der Waals surface area contributed by atoms with Crippen molar-refractivity contribution in [1.29, 1.82) is 0 Å². The van der Waals surface area contributed by atoms with Gasteiger partial charge in [-0.25, -0.2) is 31.4 Å². The van der Waals surface area contributed by atoms with E-state index in [0.717, 1.165) is 29.5 Å². The fourth-order valence-electron chi connectivity index (χ4n) is 4.84. The molecular formula is C33H31F2N5O9S. The van der Waals surface area contributed by atoms with E-state index in [1.807, 2.05) is 4.72 Å². The van der Waals surface area contributed by atoms with Crippen LogP contribution >= 0.6 is 0 Å². The molecule has 1 atom stereocenters. The second-order valence-electron chi connectivity index (χ2n) is 11.4. The number of aryl methyl sites for hydroxylation is 1. The van der Waals surface area contributed by atoms with Crippen LogP contribution in [0, 0.1) is 11.6 Å². The Morgan fingerprint density at radius 1 is 0.960 bits per heavy atom. The molecule has 0 unspecified atom stereocenters. The van der Waals surface area contributed by atoms with Gasteiger partial charge in [0.1, 0.15) is 29.8 Å². The summed E-state index contributed by atoms with van der Waals surface area (Å²) in [5, 5.41) is 14.1. The number of nitrogens with one attached hydrogen (secondary N) is 3. The Morgan fingerprint density at radius 2 is 1.60 bits per heavy atom. The molecule has 14 nitrogen and oxygen atoms in total. The van der Waals surface area contributed by atoms with Crippen molar-refractivity contribution in [1.82, 2.24) is 19.8 Å². The summed E-state index contributed by atoms with van der Waals surface area (Å²) in [7, 11) is -2.90. The molecule has 0 spiro atoms. The van der Waals surface area contributed by atoms with Crippen molar-refractivity contribution in [2.24, 2.45) is 7.05 Å². The molecule has 1 fully saturated rings. The van der Waals surface area contributed by atoms with Gasteiger partial charge in [0.15, 0.2) is 0 Å². The minimum Gasteiger partial charge on any atom is -0.462 e. The molecule has 0 radical (unpaired) electrons. The topological polar surface area (TPSA) is 195 Å². The van der Waals surface area contributed by atoms with Crippen LogP contribution in [0.15, 0.2) is 87.4 Å². The highest BCUT2D eigenvalue weighted by Gasteiger charge is 2.28. The fourth-order valence-corrected chi connectivity index (χ4v) is 5.88. The van der Waals surface area contributed by atoms with E-state index < -0.39 is 75.3 Å². The maximum Gasteiger partial charge on any atom is 0.335 e. The molecule has 0 aliphatic heterocycles. The van der Waals surface area contributed by atoms with Gasteiger partial charge in [-0.2, -0.15) is 0 Å². The number of aliphatic hydroxyl groups excluding tert-OH is 1. The maximum absolute atomic E-state index is 15.2. The van der Waals surface area contributed by atoms with Crippen LogP contribution < -0.4 is 26.6 Å². The molecule has 2 amide bonds. The molecule has 17 heteroatoms. The molecule has 0 bridgehead atoms. The SMILES string of the molecule is Cn1ccc(=O)n(-c2ccc(C[C@H](NC(=O)c3c(F)cc(NS(=O)(=O)c4ccc(C(=O)NC5CC5)cc4)cc3F)C(=O)OCCO)cc2)c1=O. The van der Waals surface area contributed by atoms with E-state index in [1.54, 1.807) is 0 Å². The Hall–Kier alpha value is -5.68. The van der Waals surface area contributed by atoms with Crippen LogP contribution in [0.25, 0.3) is 5.69 Å². The number of carbonyl (C=O) groups excluding carboxylic acids is 3. The van der Waals surface area contributed by atoms with Gasteiger partial charge in [0.2, 0.25) is 0 Å². The Balaban J connectivity index is 1.31. The van der Waals surface area contributed by atoms with Crippen molar-refractivity contribution < 1.29 is 41.4 Å². The number of ether oxygens (including phenoxy) is 1. The molecular weight excluding hydrogens is 680 g/mol. The summed E-state index contributed by atoms with van der Waals surface area (Å²) in [5.41, 5.74) is -2.00. The van der Waals surface area contributed by atoms with Crippen LogP contribution in [-0.2, 0) is 33.0 Å². The second-order valence-corrected chi connectivity index (χ2v) is 13.0. The highest BCUT2D eigenvalue weighted by atomic mass is 32.2. The number of rotatable bonds is 13. The number of halogens is 2. The molecule has 1 saturated carbocycles. The van der Waals surface area contributed by atoms with Gasteiger partial charge in [0.25, 0.3) is 27.4 Å². The summed E-state index contributed by atoms with van der Waals surface area (Å²) in [6.07, 6.45) is 2.79. The van der Waals surface area contributed by atoms with Crippen LogP contribution in [0.1, 0.15) is 39.1 Å². The second kappa shape index (κ2) is 14.8. The van der Waals surface area contributed by atoms with E-state index in [2.05, 4.69) is 10.6 Å². The number of aliphatic hydroxyl groups is 1. The number of anilines is 1. The first-order valence-corrected chi connectivity index (χ1v) is 16.6. The van der Waals surface area contributed by atoms with Gasteiger partial charge in [-0.1, -0.05) is 12.1 Å². The lowest BCUT2D eigenvalue weighted by Crippen LogP contribution is -2.44. The zero-order valence-corrected chi connectivity index (χ0v) is 27.2. The van der Waals surface area contributed by atoms with Crippen LogP contribution in [0.3, 0.4) is 0 Å². The van der Waals surface area contributed by atoms with Crippen molar-refractivity contribution in [3.63, 3.8) is 0 Å². The average Bonchev–Trinajstić information content (AvgIpc) is 3.89. The number of carbonyl (C=O) groups is 3. The van der Waals surface area contributed by atoms with Crippen LogP contribution in [0.2, 0.25) is 0 Å². The van der Waals surface area contributed by atoms with E-state index in [1.165, 1.54) is 60.3 Å². The molecule has 4 N–H and O–H groups in total. The molecule has 1 aliphatic rings. The van der Waals surface area contributed by atoms with E-state index in [0.29, 0.717) is 17.7 Å². The first-order chi connectivity index (χ1) is 23.8. The van der Waals surface area contributed by atoms with Crippen molar-refractivity contribution in [3.8, 4) is 5.69 Å². The van der Waals surface area contributed by atoms with Gasteiger partial charge in [-0.05, 0) is 66.9 Å². The van der Waals surface area contributed by atoms with Crippen LogP contribution in [0.4, 0.5) is 14.5 Å². The lowest BCUT2D eigenvalue weighted by molar-refractivity contribution is -0.146. The predicted octanol–water partition coefficient (Wildman–Crippen LogP) is 1.38.